The first-order chi connectivity index (χ1) is 10.8. The third-order valence-electron chi connectivity index (χ3n) is 4.29. The van der Waals surface area contributed by atoms with E-state index in [0.29, 0.717) is 0 Å². The van der Waals surface area contributed by atoms with E-state index in [1.165, 1.54) is 49.2 Å². The molecule has 22 heavy (non-hydrogen) atoms. The SMILES string of the molecule is Nc1ccc(CNc2ccc(CN3CCCCC3)cc2)cc1. The highest BCUT2D eigenvalue weighted by atomic mass is 15.1. The molecular weight excluding hydrogens is 270 g/mol. The molecule has 0 amide bonds. The molecule has 0 unspecified atom stereocenters. The standard InChI is InChI=1S/C19H25N3/c20-18-8-4-16(5-9-18)14-21-19-10-6-17(7-11-19)15-22-12-2-1-3-13-22/h4-11,21H,1-3,12-15,20H2. The number of hydrogen-bond donors (Lipinski definition) is 2. The molecule has 116 valence electrons. The van der Waals surface area contributed by atoms with Gasteiger partial charge in [0.25, 0.3) is 0 Å². The molecule has 1 fully saturated rings. The van der Waals surface area contributed by atoms with Gasteiger partial charge < -0.3 is 11.1 Å². The van der Waals surface area contributed by atoms with E-state index in [-0.39, 0.29) is 0 Å². The van der Waals surface area contributed by atoms with E-state index in [0.717, 1.165) is 18.8 Å². The quantitative estimate of drug-likeness (QED) is 0.823. The minimum atomic E-state index is 0.811. The van der Waals surface area contributed by atoms with E-state index in [1.54, 1.807) is 0 Å². The number of piperidine rings is 1. The molecule has 2 aromatic carbocycles. The summed E-state index contributed by atoms with van der Waals surface area (Å²) < 4.78 is 0. The van der Waals surface area contributed by atoms with Crippen LogP contribution in [0.4, 0.5) is 11.4 Å². The summed E-state index contributed by atoms with van der Waals surface area (Å²) in [5, 5.41) is 3.46. The van der Waals surface area contributed by atoms with Gasteiger partial charge in [0, 0.05) is 24.5 Å². The van der Waals surface area contributed by atoms with Crippen LogP contribution < -0.4 is 11.1 Å². The Morgan fingerprint density at radius 3 is 2.14 bits per heavy atom. The highest BCUT2D eigenvalue weighted by Crippen LogP contribution is 2.16. The molecule has 1 saturated heterocycles. The summed E-state index contributed by atoms with van der Waals surface area (Å²) in [5.74, 6) is 0. The zero-order valence-electron chi connectivity index (χ0n) is 13.1. The second-order valence-corrected chi connectivity index (χ2v) is 6.13. The molecule has 3 N–H and O–H groups in total. The number of nitrogens with one attached hydrogen (secondary N) is 1. The van der Waals surface area contributed by atoms with Gasteiger partial charge >= 0.3 is 0 Å². The molecule has 0 aliphatic carbocycles. The van der Waals surface area contributed by atoms with Crippen LogP contribution in [0, 0.1) is 0 Å². The second-order valence-electron chi connectivity index (χ2n) is 6.13. The van der Waals surface area contributed by atoms with Crippen molar-refractivity contribution >= 4 is 11.4 Å². The van der Waals surface area contributed by atoms with Gasteiger partial charge in [0.2, 0.25) is 0 Å². The van der Waals surface area contributed by atoms with Gasteiger partial charge in [-0.15, -0.1) is 0 Å². The van der Waals surface area contributed by atoms with Crippen molar-refractivity contribution in [1.29, 1.82) is 0 Å². The van der Waals surface area contributed by atoms with Crippen LogP contribution in [0.5, 0.6) is 0 Å². The summed E-state index contributed by atoms with van der Waals surface area (Å²) in [5.41, 5.74) is 10.3. The topological polar surface area (TPSA) is 41.3 Å². The Morgan fingerprint density at radius 1 is 0.818 bits per heavy atom. The predicted octanol–water partition coefficient (Wildman–Crippen LogP) is 3.87. The average Bonchev–Trinajstić information content (AvgIpc) is 2.57. The van der Waals surface area contributed by atoms with Gasteiger partial charge in [0.15, 0.2) is 0 Å². The van der Waals surface area contributed by atoms with E-state index in [9.17, 15) is 0 Å². The number of nitrogens with two attached hydrogens (primary N) is 1. The van der Waals surface area contributed by atoms with Crippen molar-refractivity contribution < 1.29 is 0 Å². The smallest absolute Gasteiger partial charge is 0.0400 e. The molecule has 0 bridgehead atoms. The molecule has 0 saturated carbocycles. The van der Waals surface area contributed by atoms with Gasteiger partial charge in [0.1, 0.15) is 0 Å². The maximum absolute atomic E-state index is 5.70. The molecule has 0 radical (unpaired) electrons. The van der Waals surface area contributed by atoms with Crippen molar-refractivity contribution in [2.24, 2.45) is 0 Å². The minimum Gasteiger partial charge on any atom is -0.399 e. The number of benzene rings is 2. The monoisotopic (exact) mass is 295 g/mol. The Hall–Kier alpha value is -2.00. The fourth-order valence-electron chi connectivity index (χ4n) is 2.94. The van der Waals surface area contributed by atoms with Crippen molar-refractivity contribution in [3.05, 3.63) is 59.7 Å². The van der Waals surface area contributed by atoms with Crippen LogP contribution in [0.25, 0.3) is 0 Å². The Bertz CT molecular complexity index is 569. The Labute approximate surface area is 133 Å². The van der Waals surface area contributed by atoms with E-state index in [4.69, 9.17) is 5.73 Å². The maximum atomic E-state index is 5.70. The molecule has 2 aromatic rings. The van der Waals surface area contributed by atoms with Gasteiger partial charge in [-0.2, -0.15) is 0 Å². The summed E-state index contributed by atoms with van der Waals surface area (Å²) in [6.07, 6.45) is 4.09. The normalized spacial score (nSPS) is 15.6. The molecule has 1 aliphatic heterocycles. The summed E-state index contributed by atoms with van der Waals surface area (Å²) >= 11 is 0. The van der Waals surface area contributed by atoms with Crippen LogP contribution in [0.1, 0.15) is 30.4 Å². The molecule has 3 heteroatoms. The zero-order valence-corrected chi connectivity index (χ0v) is 13.1. The lowest BCUT2D eigenvalue weighted by atomic mass is 10.1. The minimum absolute atomic E-state index is 0.811. The number of hydrogen-bond acceptors (Lipinski definition) is 3. The maximum Gasteiger partial charge on any atom is 0.0400 e. The molecular formula is C19H25N3. The third kappa shape index (κ3) is 4.25. The fraction of sp³-hybridized carbons (Fsp3) is 0.368. The van der Waals surface area contributed by atoms with Crippen LogP contribution >= 0.6 is 0 Å². The van der Waals surface area contributed by atoms with Crippen LogP contribution in [0.2, 0.25) is 0 Å². The predicted molar refractivity (Wildman–Crippen MR) is 93.8 cm³/mol. The van der Waals surface area contributed by atoms with Crippen molar-refractivity contribution in [2.75, 3.05) is 24.1 Å². The van der Waals surface area contributed by atoms with Gasteiger partial charge in [-0.05, 0) is 61.3 Å². The Balaban J connectivity index is 1.51. The average molecular weight is 295 g/mol. The first-order valence-electron chi connectivity index (χ1n) is 8.19. The van der Waals surface area contributed by atoms with Crippen molar-refractivity contribution in [1.82, 2.24) is 4.90 Å². The molecule has 3 rings (SSSR count). The summed E-state index contributed by atoms with van der Waals surface area (Å²) in [6.45, 7) is 4.40. The molecule has 0 atom stereocenters. The Kier molecular flexibility index (Phi) is 4.96. The van der Waals surface area contributed by atoms with Crippen molar-refractivity contribution in [3.63, 3.8) is 0 Å². The van der Waals surface area contributed by atoms with Gasteiger partial charge in [-0.25, -0.2) is 0 Å². The Morgan fingerprint density at radius 2 is 1.45 bits per heavy atom. The van der Waals surface area contributed by atoms with E-state index in [2.05, 4.69) is 46.6 Å². The largest absolute Gasteiger partial charge is 0.399 e. The van der Waals surface area contributed by atoms with Crippen LogP contribution in [-0.4, -0.2) is 18.0 Å². The molecule has 0 spiro atoms. The molecule has 3 nitrogen and oxygen atoms in total. The third-order valence-corrected chi connectivity index (χ3v) is 4.29. The first kappa shape index (κ1) is 14.9. The summed E-state index contributed by atoms with van der Waals surface area (Å²) in [6, 6.07) is 16.8. The van der Waals surface area contributed by atoms with E-state index in [1.807, 2.05) is 12.1 Å². The molecule has 1 heterocycles. The van der Waals surface area contributed by atoms with Crippen LogP contribution in [-0.2, 0) is 13.1 Å². The number of nitrogens with zero attached hydrogens (tertiary/aromatic N) is 1. The lowest BCUT2D eigenvalue weighted by Gasteiger charge is -2.26. The highest BCUT2D eigenvalue weighted by molar-refractivity contribution is 5.46. The fourth-order valence-corrected chi connectivity index (χ4v) is 2.94. The van der Waals surface area contributed by atoms with Crippen LogP contribution in [0.3, 0.4) is 0 Å². The molecule has 1 aliphatic rings. The lowest BCUT2D eigenvalue weighted by molar-refractivity contribution is 0.221. The van der Waals surface area contributed by atoms with Gasteiger partial charge in [-0.1, -0.05) is 30.7 Å². The van der Waals surface area contributed by atoms with Crippen molar-refractivity contribution in [3.8, 4) is 0 Å². The van der Waals surface area contributed by atoms with E-state index < -0.39 is 0 Å². The highest BCUT2D eigenvalue weighted by Gasteiger charge is 2.10. The zero-order chi connectivity index (χ0) is 15.2. The molecule has 0 aromatic heterocycles. The number of likely N-dealkylation sites (tertiary alicyclic amines) is 1. The van der Waals surface area contributed by atoms with Crippen molar-refractivity contribution in [2.45, 2.75) is 32.4 Å². The first-order valence-corrected chi connectivity index (χ1v) is 8.19. The van der Waals surface area contributed by atoms with Gasteiger partial charge in [-0.3, -0.25) is 4.90 Å². The summed E-state index contributed by atoms with van der Waals surface area (Å²) in [4.78, 5) is 2.56. The van der Waals surface area contributed by atoms with E-state index >= 15 is 0 Å². The number of anilines is 2. The number of rotatable bonds is 5. The van der Waals surface area contributed by atoms with Gasteiger partial charge in [0.05, 0.1) is 0 Å². The lowest BCUT2D eigenvalue weighted by Crippen LogP contribution is -2.29. The summed E-state index contributed by atoms with van der Waals surface area (Å²) in [7, 11) is 0. The van der Waals surface area contributed by atoms with Crippen LogP contribution in [0.15, 0.2) is 48.5 Å². The second kappa shape index (κ2) is 7.32. The number of nitrogen functional groups attached to an aromatic ring is 1.